The molecule has 1 aliphatic rings. The van der Waals surface area contributed by atoms with Crippen LogP contribution in [0.2, 0.25) is 0 Å². The van der Waals surface area contributed by atoms with Crippen molar-refractivity contribution in [1.82, 2.24) is 0 Å². The van der Waals surface area contributed by atoms with Crippen molar-refractivity contribution in [3.05, 3.63) is 12.7 Å². The van der Waals surface area contributed by atoms with E-state index in [1.165, 1.54) is 0 Å². The van der Waals surface area contributed by atoms with Crippen molar-refractivity contribution in [3.8, 4) is 0 Å². The van der Waals surface area contributed by atoms with E-state index in [1.807, 2.05) is 6.92 Å². The quantitative estimate of drug-likeness (QED) is 0.327. The fraction of sp³-hybridized carbons (Fsp3) is 0.750. The number of epoxide rings is 1. The van der Waals surface area contributed by atoms with E-state index in [-0.39, 0.29) is 6.29 Å². The van der Waals surface area contributed by atoms with Gasteiger partial charge in [0, 0.05) is 0 Å². The van der Waals surface area contributed by atoms with E-state index < -0.39 is 0 Å². The zero-order valence-electron chi connectivity index (χ0n) is 6.79. The molecule has 0 saturated carbocycles. The molecule has 2 atom stereocenters. The SMILES string of the molecule is C=CCOC(C)OCC1CO1. The van der Waals surface area contributed by atoms with Gasteiger partial charge in [-0.25, -0.2) is 0 Å². The van der Waals surface area contributed by atoms with E-state index in [1.54, 1.807) is 6.08 Å². The summed E-state index contributed by atoms with van der Waals surface area (Å²) in [5.74, 6) is 0. The Labute approximate surface area is 66.9 Å². The number of hydrogen-bond acceptors (Lipinski definition) is 3. The van der Waals surface area contributed by atoms with Gasteiger partial charge >= 0.3 is 0 Å². The lowest BCUT2D eigenvalue weighted by Gasteiger charge is -2.11. The first kappa shape index (κ1) is 8.71. The fourth-order valence-electron chi connectivity index (χ4n) is 0.659. The van der Waals surface area contributed by atoms with Crippen LogP contribution < -0.4 is 0 Å². The monoisotopic (exact) mass is 158 g/mol. The molecule has 1 rings (SSSR count). The lowest BCUT2D eigenvalue weighted by Crippen LogP contribution is -2.16. The van der Waals surface area contributed by atoms with Crippen LogP contribution in [0.3, 0.4) is 0 Å². The molecule has 0 amide bonds. The zero-order chi connectivity index (χ0) is 8.10. The van der Waals surface area contributed by atoms with E-state index in [0.29, 0.717) is 19.3 Å². The van der Waals surface area contributed by atoms with Crippen LogP contribution in [0.25, 0.3) is 0 Å². The molecule has 1 heterocycles. The van der Waals surface area contributed by atoms with Crippen molar-refractivity contribution in [2.45, 2.75) is 19.3 Å². The Bertz CT molecular complexity index is 121. The van der Waals surface area contributed by atoms with Gasteiger partial charge in [-0.3, -0.25) is 0 Å². The van der Waals surface area contributed by atoms with Gasteiger partial charge in [-0.05, 0) is 6.92 Å². The van der Waals surface area contributed by atoms with Crippen molar-refractivity contribution in [1.29, 1.82) is 0 Å². The van der Waals surface area contributed by atoms with Crippen molar-refractivity contribution in [3.63, 3.8) is 0 Å². The summed E-state index contributed by atoms with van der Waals surface area (Å²) in [5, 5.41) is 0. The highest BCUT2D eigenvalue weighted by molar-refractivity contribution is 4.68. The smallest absolute Gasteiger partial charge is 0.155 e. The van der Waals surface area contributed by atoms with Gasteiger partial charge in [0.1, 0.15) is 6.10 Å². The molecule has 0 N–H and O–H groups in total. The lowest BCUT2D eigenvalue weighted by atomic mass is 10.5. The molecule has 0 spiro atoms. The molecule has 1 aliphatic heterocycles. The van der Waals surface area contributed by atoms with Crippen LogP contribution in [0.15, 0.2) is 12.7 Å². The summed E-state index contributed by atoms with van der Waals surface area (Å²) in [6.07, 6.45) is 1.86. The first-order valence-corrected chi connectivity index (χ1v) is 3.78. The van der Waals surface area contributed by atoms with Crippen LogP contribution in [-0.2, 0) is 14.2 Å². The third-order valence-electron chi connectivity index (χ3n) is 1.37. The van der Waals surface area contributed by atoms with E-state index >= 15 is 0 Å². The van der Waals surface area contributed by atoms with Gasteiger partial charge in [0.2, 0.25) is 0 Å². The first-order valence-electron chi connectivity index (χ1n) is 3.78. The van der Waals surface area contributed by atoms with E-state index in [0.717, 1.165) is 6.61 Å². The third-order valence-corrected chi connectivity index (χ3v) is 1.37. The molecule has 0 aromatic heterocycles. The predicted molar refractivity (Wildman–Crippen MR) is 41.3 cm³/mol. The number of ether oxygens (including phenoxy) is 3. The molecule has 3 nitrogen and oxygen atoms in total. The molecule has 2 unspecified atom stereocenters. The molecule has 1 saturated heterocycles. The summed E-state index contributed by atoms with van der Waals surface area (Å²) in [4.78, 5) is 0. The van der Waals surface area contributed by atoms with Gasteiger partial charge in [-0.2, -0.15) is 0 Å². The maximum atomic E-state index is 5.27. The Balaban J connectivity index is 1.90. The second kappa shape index (κ2) is 4.49. The van der Waals surface area contributed by atoms with Crippen LogP contribution in [0.1, 0.15) is 6.92 Å². The molecule has 0 aliphatic carbocycles. The van der Waals surface area contributed by atoms with Crippen molar-refractivity contribution >= 4 is 0 Å². The maximum absolute atomic E-state index is 5.27. The van der Waals surface area contributed by atoms with Gasteiger partial charge in [0.25, 0.3) is 0 Å². The number of hydrogen-bond donors (Lipinski definition) is 0. The van der Waals surface area contributed by atoms with Crippen LogP contribution in [0.4, 0.5) is 0 Å². The van der Waals surface area contributed by atoms with Crippen LogP contribution in [0.5, 0.6) is 0 Å². The molecular weight excluding hydrogens is 144 g/mol. The minimum Gasteiger partial charge on any atom is -0.371 e. The minimum atomic E-state index is -0.155. The normalized spacial score (nSPS) is 24.6. The fourth-order valence-corrected chi connectivity index (χ4v) is 0.659. The molecule has 0 radical (unpaired) electrons. The first-order chi connectivity index (χ1) is 5.33. The zero-order valence-corrected chi connectivity index (χ0v) is 6.79. The topological polar surface area (TPSA) is 31.0 Å². The van der Waals surface area contributed by atoms with Crippen LogP contribution in [-0.4, -0.2) is 32.2 Å². The highest BCUT2D eigenvalue weighted by atomic mass is 16.7. The lowest BCUT2D eigenvalue weighted by molar-refractivity contribution is -0.125. The Morgan fingerprint density at radius 1 is 1.73 bits per heavy atom. The number of rotatable bonds is 6. The van der Waals surface area contributed by atoms with Gasteiger partial charge in [0.05, 0.1) is 19.8 Å². The second-order valence-corrected chi connectivity index (χ2v) is 2.48. The van der Waals surface area contributed by atoms with Gasteiger partial charge in [-0.15, -0.1) is 6.58 Å². The third kappa shape index (κ3) is 4.14. The Kier molecular flexibility index (Phi) is 3.56. The molecule has 11 heavy (non-hydrogen) atoms. The van der Waals surface area contributed by atoms with E-state index in [2.05, 4.69) is 6.58 Å². The average molecular weight is 158 g/mol. The standard InChI is InChI=1S/C8H14O3/c1-3-4-9-7(2)10-5-8-6-11-8/h3,7-8H,1,4-6H2,2H3. The highest BCUT2D eigenvalue weighted by Crippen LogP contribution is 2.09. The van der Waals surface area contributed by atoms with Crippen molar-refractivity contribution in [2.75, 3.05) is 19.8 Å². The molecule has 3 heteroatoms. The van der Waals surface area contributed by atoms with E-state index in [4.69, 9.17) is 14.2 Å². The minimum absolute atomic E-state index is 0.155. The summed E-state index contributed by atoms with van der Waals surface area (Å²) in [7, 11) is 0. The van der Waals surface area contributed by atoms with Crippen LogP contribution >= 0.6 is 0 Å². The van der Waals surface area contributed by atoms with Crippen LogP contribution in [0, 0.1) is 0 Å². The maximum Gasteiger partial charge on any atom is 0.155 e. The predicted octanol–water partition coefficient (Wildman–Crippen LogP) is 0.950. The molecule has 64 valence electrons. The van der Waals surface area contributed by atoms with Gasteiger partial charge in [0.15, 0.2) is 6.29 Å². The Morgan fingerprint density at radius 2 is 2.45 bits per heavy atom. The highest BCUT2D eigenvalue weighted by Gasteiger charge is 2.23. The van der Waals surface area contributed by atoms with Crippen molar-refractivity contribution in [2.24, 2.45) is 0 Å². The summed E-state index contributed by atoms with van der Waals surface area (Å²) in [6.45, 7) is 7.40. The van der Waals surface area contributed by atoms with Gasteiger partial charge < -0.3 is 14.2 Å². The average Bonchev–Trinajstić information content (AvgIpc) is 2.80. The Hall–Kier alpha value is -0.380. The van der Waals surface area contributed by atoms with Gasteiger partial charge in [-0.1, -0.05) is 6.08 Å². The molecule has 0 aromatic rings. The second-order valence-electron chi connectivity index (χ2n) is 2.48. The summed E-state index contributed by atoms with van der Waals surface area (Å²) >= 11 is 0. The summed E-state index contributed by atoms with van der Waals surface area (Å²) in [5.41, 5.74) is 0. The summed E-state index contributed by atoms with van der Waals surface area (Å²) < 4.78 is 15.4. The molecular formula is C8H14O3. The Morgan fingerprint density at radius 3 is 3.00 bits per heavy atom. The molecule has 0 bridgehead atoms. The van der Waals surface area contributed by atoms with Crippen molar-refractivity contribution < 1.29 is 14.2 Å². The molecule has 1 fully saturated rings. The summed E-state index contributed by atoms with van der Waals surface area (Å²) in [6, 6.07) is 0. The molecule has 0 aromatic carbocycles. The van der Waals surface area contributed by atoms with E-state index in [9.17, 15) is 0 Å². The largest absolute Gasteiger partial charge is 0.371 e.